The smallest absolute Gasteiger partial charge is 0.306 e. The molecule has 0 atom stereocenters. The summed E-state index contributed by atoms with van der Waals surface area (Å²) in [7, 11) is 1.33. The third-order valence-corrected chi connectivity index (χ3v) is 3.21. The molecule has 0 N–H and O–H groups in total. The molecule has 120 valence electrons. The van der Waals surface area contributed by atoms with E-state index >= 15 is 0 Å². The fraction of sp³-hybridized carbons (Fsp3) is 0.471. The number of hydrogen-bond donors (Lipinski definition) is 0. The van der Waals surface area contributed by atoms with E-state index in [1.165, 1.54) is 7.11 Å². The van der Waals surface area contributed by atoms with E-state index < -0.39 is 0 Å². The molecule has 0 aromatic heterocycles. The second kappa shape index (κ2) is 9.71. The first-order valence-electron chi connectivity index (χ1n) is 7.41. The van der Waals surface area contributed by atoms with Crippen molar-refractivity contribution in [1.82, 2.24) is 0 Å². The van der Waals surface area contributed by atoms with E-state index in [0.717, 1.165) is 5.56 Å². The normalized spacial score (nSPS) is 10.1. The van der Waals surface area contributed by atoms with Crippen LogP contribution in [0.3, 0.4) is 0 Å². The second-order valence-electron chi connectivity index (χ2n) is 4.85. The third kappa shape index (κ3) is 6.52. The highest BCUT2D eigenvalue weighted by molar-refractivity contribution is 5.96. The van der Waals surface area contributed by atoms with Crippen LogP contribution in [-0.4, -0.2) is 31.4 Å². The van der Waals surface area contributed by atoms with Crippen molar-refractivity contribution in [2.75, 3.05) is 13.7 Å². The number of hydrogen-bond acceptors (Lipinski definition) is 5. The zero-order valence-corrected chi connectivity index (χ0v) is 13.1. The molecule has 22 heavy (non-hydrogen) atoms. The van der Waals surface area contributed by atoms with Crippen LogP contribution in [-0.2, 0) is 25.5 Å². The van der Waals surface area contributed by atoms with E-state index in [9.17, 15) is 14.4 Å². The Morgan fingerprint density at radius 3 is 2.23 bits per heavy atom. The van der Waals surface area contributed by atoms with Crippen LogP contribution in [0.15, 0.2) is 24.3 Å². The first kappa shape index (κ1) is 17.9. The minimum Gasteiger partial charge on any atom is -0.469 e. The van der Waals surface area contributed by atoms with Gasteiger partial charge in [0, 0.05) is 24.8 Å². The molecule has 1 aromatic carbocycles. The number of aryl methyl sites for hydroxylation is 1. The number of methoxy groups -OCH3 is 1. The van der Waals surface area contributed by atoms with Crippen LogP contribution in [0.2, 0.25) is 0 Å². The van der Waals surface area contributed by atoms with Crippen molar-refractivity contribution in [2.24, 2.45) is 0 Å². The van der Waals surface area contributed by atoms with Crippen molar-refractivity contribution >= 4 is 17.7 Å². The standard InChI is InChI=1S/C17H22O5/c1-3-22-17(20)12-9-13-7-10-14(11-8-13)15(18)5-4-6-16(19)21-2/h7-8,10-11H,3-6,9,12H2,1-2H3. The van der Waals surface area contributed by atoms with Crippen LogP contribution in [0.1, 0.15) is 48.5 Å². The number of esters is 2. The summed E-state index contributed by atoms with van der Waals surface area (Å²) in [5, 5.41) is 0. The summed E-state index contributed by atoms with van der Waals surface area (Å²) in [5.74, 6) is -0.520. The Balaban J connectivity index is 2.41. The van der Waals surface area contributed by atoms with Gasteiger partial charge in [0.1, 0.15) is 0 Å². The molecule has 5 nitrogen and oxygen atoms in total. The maximum atomic E-state index is 12.0. The molecular weight excluding hydrogens is 284 g/mol. The molecule has 5 heteroatoms. The molecule has 0 saturated carbocycles. The molecular formula is C17H22O5. The maximum Gasteiger partial charge on any atom is 0.306 e. The lowest BCUT2D eigenvalue weighted by Gasteiger charge is -2.04. The Labute approximate surface area is 130 Å². The fourth-order valence-corrected chi connectivity index (χ4v) is 1.98. The molecule has 1 aromatic rings. The Kier molecular flexibility index (Phi) is 7.89. The largest absolute Gasteiger partial charge is 0.469 e. The van der Waals surface area contributed by atoms with E-state index in [-0.39, 0.29) is 24.1 Å². The molecule has 0 saturated heterocycles. The molecule has 0 heterocycles. The number of Topliss-reactive ketones (excluding diaryl/α,β-unsaturated/α-hetero) is 1. The number of rotatable bonds is 9. The Hall–Kier alpha value is -2.17. The van der Waals surface area contributed by atoms with Gasteiger partial charge in [0.2, 0.25) is 0 Å². The molecule has 1 rings (SSSR count). The highest BCUT2D eigenvalue weighted by atomic mass is 16.5. The summed E-state index contributed by atoms with van der Waals surface area (Å²) < 4.78 is 9.40. The maximum absolute atomic E-state index is 12.0. The van der Waals surface area contributed by atoms with Crippen molar-refractivity contribution in [2.45, 2.75) is 39.0 Å². The zero-order valence-electron chi connectivity index (χ0n) is 13.1. The highest BCUT2D eigenvalue weighted by Crippen LogP contribution is 2.11. The fourth-order valence-electron chi connectivity index (χ4n) is 1.98. The van der Waals surface area contributed by atoms with Crippen molar-refractivity contribution in [3.8, 4) is 0 Å². The second-order valence-corrected chi connectivity index (χ2v) is 4.85. The van der Waals surface area contributed by atoms with Crippen molar-refractivity contribution < 1.29 is 23.9 Å². The van der Waals surface area contributed by atoms with Gasteiger partial charge in [-0.15, -0.1) is 0 Å². The average molecular weight is 306 g/mol. The van der Waals surface area contributed by atoms with Crippen LogP contribution in [0.5, 0.6) is 0 Å². The van der Waals surface area contributed by atoms with Gasteiger partial charge in [0.25, 0.3) is 0 Å². The Bertz CT molecular complexity index is 504. The van der Waals surface area contributed by atoms with E-state index in [1.54, 1.807) is 19.1 Å². The summed E-state index contributed by atoms with van der Waals surface area (Å²) in [6.45, 7) is 2.16. The van der Waals surface area contributed by atoms with Gasteiger partial charge >= 0.3 is 11.9 Å². The van der Waals surface area contributed by atoms with Crippen LogP contribution in [0.4, 0.5) is 0 Å². The van der Waals surface area contributed by atoms with Crippen LogP contribution in [0.25, 0.3) is 0 Å². The molecule has 0 radical (unpaired) electrons. The lowest BCUT2D eigenvalue weighted by atomic mass is 10.0. The molecule has 0 aliphatic heterocycles. The summed E-state index contributed by atoms with van der Waals surface area (Å²) in [6, 6.07) is 7.18. The molecule has 0 fully saturated rings. The summed E-state index contributed by atoms with van der Waals surface area (Å²) in [5.41, 5.74) is 1.60. The number of ether oxygens (including phenoxy) is 2. The molecule has 0 amide bonds. The van der Waals surface area contributed by atoms with Gasteiger partial charge in [-0.05, 0) is 25.3 Å². The van der Waals surface area contributed by atoms with Gasteiger partial charge in [0.15, 0.2) is 5.78 Å². The first-order chi connectivity index (χ1) is 10.6. The Morgan fingerprint density at radius 1 is 0.955 bits per heavy atom. The molecule has 0 aliphatic rings. The summed E-state index contributed by atoms with van der Waals surface area (Å²) in [4.78, 5) is 34.2. The van der Waals surface area contributed by atoms with Gasteiger partial charge in [-0.25, -0.2) is 0 Å². The van der Waals surface area contributed by atoms with E-state index in [4.69, 9.17) is 4.74 Å². The van der Waals surface area contributed by atoms with Gasteiger partial charge in [-0.1, -0.05) is 24.3 Å². The number of ketones is 1. The number of carbonyl (C=O) groups is 3. The lowest BCUT2D eigenvalue weighted by Crippen LogP contribution is -2.06. The van der Waals surface area contributed by atoms with Crippen molar-refractivity contribution in [3.63, 3.8) is 0 Å². The van der Waals surface area contributed by atoms with E-state index in [0.29, 0.717) is 37.9 Å². The van der Waals surface area contributed by atoms with Gasteiger partial charge in [-0.2, -0.15) is 0 Å². The van der Waals surface area contributed by atoms with Gasteiger partial charge < -0.3 is 9.47 Å². The van der Waals surface area contributed by atoms with Crippen molar-refractivity contribution in [3.05, 3.63) is 35.4 Å². The Morgan fingerprint density at radius 2 is 1.64 bits per heavy atom. The monoisotopic (exact) mass is 306 g/mol. The first-order valence-corrected chi connectivity index (χ1v) is 7.41. The van der Waals surface area contributed by atoms with Gasteiger partial charge in [0.05, 0.1) is 13.7 Å². The molecule has 0 spiro atoms. The number of carbonyl (C=O) groups excluding carboxylic acids is 3. The number of benzene rings is 1. The summed E-state index contributed by atoms with van der Waals surface area (Å²) in [6.07, 6.45) is 1.98. The van der Waals surface area contributed by atoms with Crippen LogP contribution < -0.4 is 0 Å². The lowest BCUT2D eigenvalue weighted by molar-refractivity contribution is -0.143. The highest BCUT2D eigenvalue weighted by Gasteiger charge is 2.08. The quantitative estimate of drug-likeness (QED) is 0.518. The average Bonchev–Trinajstić information content (AvgIpc) is 2.53. The SMILES string of the molecule is CCOC(=O)CCc1ccc(C(=O)CCCC(=O)OC)cc1. The molecule has 0 unspecified atom stereocenters. The van der Waals surface area contributed by atoms with Crippen molar-refractivity contribution in [1.29, 1.82) is 0 Å². The van der Waals surface area contributed by atoms with Crippen LogP contribution in [0, 0.1) is 0 Å². The zero-order chi connectivity index (χ0) is 16.4. The van der Waals surface area contributed by atoms with Crippen LogP contribution >= 0.6 is 0 Å². The van der Waals surface area contributed by atoms with E-state index in [2.05, 4.69) is 4.74 Å². The topological polar surface area (TPSA) is 69.7 Å². The summed E-state index contributed by atoms with van der Waals surface area (Å²) >= 11 is 0. The molecule has 0 bridgehead atoms. The predicted octanol–water partition coefficient (Wildman–Crippen LogP) is 2.71. The third-order valence-electron chi connectivity index (χ3n) is 3.21. The minimum atomic E-state index is -0.304. The van der Waals surface area contributed by atoms with E-state index in [1.807, 2.05) is 12.1 Å². The van der Waals surface area contributed by atoms with Gasteiger partial charge in [-0.3, -0.25) is 14.4 Å². The molecule has 0 aliphatic carbocycles. The predicted molar refractivity (Wildman–Crippen MR) is 81.6 cm³/mol. The minimum absolute atomic E-state index is 0.000783.